The van der Waals surface area contributed by atoms with Gasteiger partial charge in [-0.2, -0.15) is 0 Å². The summed E-state index contributed by atoms with van der Waals surface area (Å²) in [6.07, 6.45) is 0.182. The molecule has 19 heavy (non-hydrogen) atoms. The van der Waals surface area contributed by atoms with Crippen LogP contribution in [0.5, 0.6) is 0 Å². The summed E-state index contributed by atoms with van der Waals surface area (Å²) in [6, 6.07) is 9.19. The van der Waals surface area contributed by atoms with Crippen molar-refractivity contribution in [2.75, 3.05) is 5.32 Å². The molecule has 0 aliphatic heterocycles. The maximum atomic E-state index is 11.9. The van der Waals surface area contributed by atoms with Crippen molar-refractivity contribution in [2.24, 2.45) is 5.73 Å². The fourth-order valence-corrected chi connectivity index (χ4v) is 2.12. The molecule has 2 rings (SSSR count). The van der Waals surface area contributed by atoms with Gasteiger partial charge in [0.2, 0.25) is 5.91 Å². The number of fused-ring (bicyclic) bond motifs is 1. The number of hydrogen-bond acceptors (Lipinski definition) is 3. The normalized spacial score (nSPS) is 11.5. The number of aromatic nitrogens is 1. The first-order valence-corrected chi connectivity index (χ1v) is 6.06. The van der Waals surface area contributed by atoms with E-state index < -0.39 is 5.54 Å². The van der Waals surface area contributed by atoms with E-state index in [0.717, 1.165) is 5.39 Å². The van der Waals surface area contributed by atoms with Crippen molar-refractivity contribution < 1.29 is 4.79 Å². The number of carbonyl (C=O) groups excluding carboxylic acids is 1. The molecule has 0 aliphatic rings. The molecule has 5 heteroatoms. The zero-order valence-electron chi connectivity index (χ0n) is 11.0. The zero-order chi connectivity index (χ0) is 14.0. The van der Waals surface area contributed by atoms with Gasteiger partial charge >= 0.3 is 0 Å². The lowest BCUT2D eigenvalue weighted by atomic mass is 10.0. The van der Waals surface area contributed by atoms with Crippen LogP contribution in [0.25, 0.3) is 10.8 Å². The fraction of sp³-hybridized carbons (Fsp3) is 0.286. The number of primary amides is 1. The van der Waals surface area contributed by atoms with Crippen LogP contribution in [0.4, 0.5) is 5.82 Å². The van der Waals surface area contributed by atoms with E-state index in [-0.39, 0.29) is 17.9 Å². The number of H-pyrrole nitrogens is 1. The van der Waals surface area contributed by atoms with Crippen LogP contribution in [0, 0.1) is 0 Å². The van der Waals surface area contributed by atoms with Gasteiger partial charge in [-0.15, -0.1) is 0 Å². The van der Waals surface area contributed by atoms with Gasteiger partial charge in [0.05, 0.1) is 0 Å². The van der Waals surface area contributed by atoms with E-state index in [0.29, 0.717) is 11.2 Å². The average molecular weight is 259 g/mol. The smallest absolute Gasteiger partial charge is 0.257 e. The minimum absolute atomic E-state index is 0.157. The number of nitrogens with one attached hydrogen (secondary N) is 2. The fourth-order valence-electron chi connectivity index (χ4n) is 2.12. The quantitative estimate of drug-likeness (QED) is 0.779. The number of nitrogens with two attached hydrogens (primary N) is 1. The van der Waals surface area contributed by atoms with Crippen molar-refractivity contribution in [1.29, 1.82) is 0 Å². The first-order valence-electron chi connectivity index (χ1n) is 6.06. The standard InChI is InChI=1S/C14H17N3O2/c1-14(2,8-11(15)18)17-12-7-9-5-3-4-6-10(9)13(19)16-12/h3-7H,8H2,1-2H3,(H2,15,18)(H2,16,17,19). The summed E-state index contributed by atoms with van der Waals surface area (Å²) < 4.78 is 0. The Hall–Kier alpha value is -2.30. The Morgan fingerprint density at radius 1 is 1.37 bits per heavy atom. The number of anilines is 1. The Labute approximate surface area is 110 Å². The molecule has 1 aromatic heterocycles. The van der Waals surface area contributed by atoms with Gasteiger partial charge in [-0.3, -0.25) is 9.59 Å². The van der Waals surface area contributed by atoms with Gasteiger partial charge in [0.25, 0.3) is 5.56 Å². The molecule has 0 saturated carbocycles. The predicted molar refractivity (Wildman–Crippen MR) is 76.1 cm³/mol. The molecule has 1 aromatic carbocycles. The third-order valence-corrected chi connectivity index (χ3v) is 2.84. The van der Waals surface area contributed by atoms with Crippen molar-refractivity contribution in [1.82, 2.24) is 4.98 Å². The average Bonchev–Trinajstić information content (AvgIpc) is 2.26. The second-order valence-electron chi connectivity index (χ2n) is 5.25. The third-order valence-electron chi connectivity index (χ3n) is 2.84. The molecule has 2 aromatic rings. The monoisotopic (exact) mass is 259 g/mol. The predicted octanol–water partition coefficient (Wildman–Crippen LogP) is 1.59. The lowest BCUT2D eigenvalue weighted by molar-refractivity contribution is -0.118. The maximum Gasteiger partial charge on any atom is 0.257 e. The van der Waals surface area contributed by atoms with E-state index in [4.69, 9.17) is 5.73 Å². The lowest BCUT2D eigenvalue weighted by Crippen LogP contribution is -2.36. The first-order chi connectivity index (χ1) is 8.87. The maximum absolute atomic E-state index is 11.9. The molecule has 0 saturated heterocycles. The Kier molecular flexibility index (Phi) is 3.29. The van der Waals surface area contributed by atoms with Crippen LogP contribution < -0.4 is 16.6 Å². The van der Waals surface area contributed by atoms with Crippen molar-refractivity contribution in [2.45, 2.75) is 25.8 Å². The van der Waals surface area contributed by atoms with Crippen LogP contribution in [0.3, 0.4) is 0 Å². The SMILES string of the molecule is CC(C)(CC(N)=O)Nc1cc2ccccc2c(=O)[nH]1. The number of amides is 1. The molecular formula is C14H17N3O2. The van der Waals surface area contributed by atoms with E-state index in [1.807, 2.05) is 38.1 Å². The highest BCUT2D eigenvalue weighted by Crippen LogP contribution is 2.18. The second kappa shape index (κ2) is 4.76. The van der Waals surface area contributed by atoms with Gasteiger partial charge in [0.15, 0.2) is 0 Å². The molecule has 0 bridgehead atoms. The van der Waals surface area contributed by atoms with Crippen LogP contribution >= 0.6 is 0 Å². The van der Waals surface area contributed by atoms with Crippen molar-refractivity contribution >= 4 is 22.5 Å². The van der Waals surface area contributed by atoms with Crippen LogP contribution in [0.15, 0.2) is 35.1 Å². The third kappa shape index (κ3) is 3.13. The van der Waals surface area contributed by atoms with E-state index >= 15 is 0 Å². The van der Waals surface area contributed by atoms with E-state index in [1.54, 1.807) is 6.07 Å². The summed E-state index contributed by atoms with van der Waals surface area (Å²) in [4.78, 5) is 25.7. The summed E-state index contributed by atoms with van der Waals surface area (Å²) in [5, 5.41) is 4.62. The molecule has 100 valence electrons. The summed E-state index contributed by atoms with van der Waals surface area (Å²) in [7, 11) is 0. The number of benzene rings is 1. The minimum atomic E-state index is -0.517. The van der Waals surface area contributed by atoms with E-state index in [1.165, 1.54) is 0 Å². The van der Waals surface area contributed by atoms with Crippen LogP contribution in [0.1, 0.15) is 20.3 Å². The van der Waals surface area contributed by atoms with Crippen LogP contribution in [0.2, 0.25) is 0 Å². The van der Waals surface area contributed by atoms with E-state index in [2.05, 4.69) is 10.3 Å². The van der Waals surface area contributed by atoms with Gasteiger partial charge in [-0.05, 0) is 31.4 Å². The van der Waals surface area contributed by atoms with Gasteiger partial charge in [-0.25, -0.2) is 0 Å². The summed E-state index contributed by atoms with van der Waals surface area (Å²) >= 11 is 0. The highest BCUT2D eigenvalue weighted by atomic mass is 16.1. The minimum Gasteiger partial charge on any atom is -0.370 e. The van der Waals surface area contributed by atoms with Gasteiger partial charge < -0.3 is 16.0 Å². The Morgan fingerprint density at radius 2 is 2.05 bits per heavy atom. The van der Waals surface area contributed by atoms with Gasteiger partial charge in [-0.1, -0.05) is 18.2 Å². The molecule has 0 unspecified atom stereocenters. The lowest BCUT2D eigenvalue weighted by Gasteiger charge is -2.25. The molecule has 0 spiro atoms. The largest absolute Gasteiger partial charge is 0.370 e. The molecule has 1 heterocycles. The number of carbonyl (C=O) groups is 1. The van der Waals surface area contributed by atoms with Gasteiger partial charge in [0, 0.05) is 17.3 Å². The summed E-state index contributed by atoms with van der Waals surface area (Å²) in [5.74, 6) is 0.190. The number of hydrogen-bond donors (Lipinski definition) is 3. The van der Waals surface area contributed by atoms with Crippen molar-refractivity contribution in [3.05, 3.63) is 40.7 Å². The summed E-state index contributed by atoms with van der Waals surface area (Å²) in [5.41, 5.74) is 4.53. The van der Waals surface area contributed by atoms with Crippen molar-refractivity contribution in [3.8, 4) is 0 Å². The van der Waals surface area contributed by atoms with Crippen LogP contribution in [-0.2, 0) is 4.79 Å². The molecular weight excluding hydrogens is 242 g/mol. The molecule has 0 radical (unpaired) electrons. The Balaban J connectivity index is 2.36. The first kappa shape index (κ1) is 13.1. The topological polar surface area (TPSA) is 88.0 Å². The molecule has 4 N–H and O–H groups in total. The van der Waals surface area contributed by atoms with E-state index in [9.17, 15) is 9.59 Å². The molecule has 5 nitrogen and oxygen atoms in total. The summed E-state index contributed by atoms with van der Waals surface area (Å²) in [6.45, 7) is 3.70. The molecule has 0 atom stereocenters. The molecule has 0 fully saturated rings. The van der Waals surface area contributed by atoms with Crippen molar-refractivity contribution in [3.63, 3.8) is 0 Å². The highest BCUT2D eigenvalue weighted by molar-refractivity contribution is 5.84. The zero-order valence-corrected chi connectivity index (χ0v) is 11.0. The number of aromatic amines is 1. The van der Waals surface area contributed by atoms with Gasteiger partial charge in [0.1, 0.15) is 5.82 Å². The van der Waals surface area contributed by atoms with Crippen LogP contribution in [-0.4, -0.2) is 16.4 Å². The molecule has 0 aliphatic carbocycles. The number of pyridine rings is 1. The Morgan fingerprint density at radius 3 is 2.74 bits per heavy atom. The second-order valence-corrected chi connectivity index (χ2v) is 5.25. The Bertz CT molecular complexity index is 674. The highest BCUT2D eigenvalue weighted by Gasteiger charge is 2.20. The number of rotatable bonds is 4. The molecule has 1 amide bonds.